The van der Waals surface area contributed by atoms with Gasteiger partial charge in [0.05, 0.1) is 27.5 Å². The molecule has 0 radical (unpaired) electrons. The Hall–Kier alpha value is -6.33. The minimum absolute atomic E-state index is 0.639. The number of hydrogen-bond acceptors (Lipinski definition) is 3. The Balaban J connectivity index is 1.28. The maximum atomic E-state index is 5.36. The van der Waals surface area contributed by atoms with Gasteiger partial charge < -0.3 is 4.57 Å². The lowest BCUT2D eigenvalue weighted by Crippen LogP contribution is -2.03. The molecule has 0 saturated carbocycles. The van der Waals surface area contributed by atoms with E-state index < -0.39 is 0 Å². The Morgan fingerprint density at radius 2 is 1.04 bits per heavy atom. The number of fused-ring (bicyclic) bond motifs is 8. The van der Waals surface area contributed by atoms with Crippen molar-refractivity contribution in [2.24, 2.45) is 0 Å². The number of benzene rings is 6. The van der Waals surface area contributed by atoms with Crippen LogP contribution < -0.4 is 0 Å². The summed E-state index contributed by atoms with van der Waals surface area (Å²) in [6.45, 7) is 0. The van der Waals surface area contributed by atoms with Crippen LogP contribution in [0.1, 0.15) is 0 Å². The van der Waals surface area contributed by atoms with Crippen LogP contribution in [0.4, 0.5) is 0 Å². The van der Waals surface area contributed by atoms with Crippen LogP contribution in [0.3, 0.4) is 0 Å². The van der Waals surface area contributed by atoms with Crippen molar-refractivity contribution in [3.63, 3.8) is 0 Å². The van der Waals surface area contributed by atoms with E-state index in [4.69, 9.17) is 15.0 Å². The number of pyridine rings is 1. The molecule has 4 heterocycles. The van der Waals surface area contributed by atoms with Gasteiger partial charge >= 0.3 is 0 Å². The van der Waals surface area contributed by atoms with E-state index >= 15 is 0 Å². The van der Waals surface area contributed by atoms with Crippen LogP contribution in [-0.4, -0.2) is 24.1 Å². The maximum Gasteiger partial charge on any atom is 0.165 e. The second kappa shape index (κ2) is 9.58. The first-order chi connectivity index (χ1) is 22.8. The average molecular weight is 588 g/mol. The van der Waals surface area contributed by atoms with Crippen molar-refractivity contribution in [2.45, 2.75) is 0 Å². The Morgan fingerprint density at radius 3 is 1.87 bits per heavy atom. The van der Waals surface area contributed by atoms with E-state index in [1.807, 2.05) is 6.07 Å². The zero-order valence-electron chi connectivity index (χ0n) is 24.7. The van der Waals surface area contributed by atoms with Crippen molar-refractivity contribution in [1.82, 2.24) is 24.1 Å². The minimum atomic E-state index is 0.639. The third kappa shape index (κ3) is 3.60. The molecule has 0 bridgehead atoms. The third-order valence-corrected chi connectivity index (χ3v) is 9.15. The molecule has 0 fully saturated rings. The molecule has 0 aliphatic carbocycles. The molecule has 4 aromatic heterocycles. The lowest BCUT2D eigenvalue weighted by molar-refractivity contribution is 1.07. The predicted molar refractivity (Wildman–Crippen MR) is 189 cm³/mol. The standard InChI is InChI=1S/C41H25N5/c1-2-13-29(14-3-1)45-35-18-8-6-15-30(35)32-21-20-28(25-37(32)45)39-43-40-33(17-10-22-42-40)41(44-39)46-36-19-9-7-16-31(36)34-23-26-11-4-5-12-27(26)24-38(34)46/h1-25H. The summed E-state index contributed by atoms with van der Waals surface area (Å²) >= 11 is 0. The van der Waals surface area contributed by atoms with Crippen LogP contribution >= 0.6 is 0 Å². The second-order valence-corrected chi connectivity index (χ2v) is 11.7. The predicted octanol–water partition coefficient (Wildman–Crippen LogP) is 10.0. The summed E-state index contributed by atoms with van der Waals surface area (Å²) in [5, 5.41) is 8.10. The van der Waals surface area contributed by atoms with E-state index in [-0.39, 0.29) is 0 Å². The number of para-hydroxylation sites is 3. The Labute approximate surface area is 263 Å². The first kappa shape index (κ1) is 25.0. The quantitative estimate of drug-likeness (QED) is 0.207. The fraction of sp³-hybridized carbons (Fsp3) is 0. The smallest absolute Gasteiger partial charge is 0.165 e. The third-order valence-electron chi connectivity index (χ3n) is 9.15. The highest BCUT2D eigenvalue weighted by molar-refractivity contribution is 6.14. The number of aromatic nitrogens is 5. The second-order valence-electron chi connectivity index (χ2n) is 11.7. The van der Waals surface area contributed by atoms with Crippen LogP contribution in [0, 0.1) is 0 Å². The first-order valence-electron chi connectivity index (χ1n) is 15.5. The highest BCUT2D eigenvalue weighted by Crippen LogP contribution is 2.38. The molecule has 10 rings (SSSR count). The molecule has 0 spiro atoms. The van der Waals surface area contributed by atoms with Gasteiger partial charge in [-0.3, -0.25) is 4.57 Å². The fourth-order valence-electron chi connectivity index (χ4n) is 7.09. The van der Waals surface area contributed by atoms with Crippen molar-refractivity contribution in [3.05, 3.63) is 152 Å². The summed E-state index contributed by atoms with van der Waals surface area (Å²) in [6, 6.07) is 51.3. The van der Waals surface area contributed by atoms with E-state index in [1.165, 1.54) is 37.8 Å². The SMILES string of the molecule is c1ccc(-n2c3ccccc3c3ccc(-c4nc(-n5c6ccccc6c6cc7ccccc7cc65)c5cccnc5n4)cc32)cc1. The van der Waals surface area contributed by atoms with Gasteiger partial charge in [-0.2, -0.15) is 0 Å². The molecule has 10 aromatic rings. The first-order valence-corrected chi connectivity index (χ1v) is 15.5. The molecule has 0 N–H and O–H groups in total. The highest BCUT2D eigenvalue weighted by atomic mass is 15.1. The number of hydrogen-bond donors (Lipinski definition) is 0. The van der Waals surface area contributed by atoms with Gasteiger partial charge in [-0.1, -0.05) is 91.0 Å². The van der Waals surface area contributed by atoms with Crippen molar-refractivity contribution in [2.75, 3.05) is 0 Å². The zero-order valence-corrected chi connectivity index (χ0v) is 24.7. The molecule has 5 nitrogen and oxygen atoms in total. The van der Waals surface area contributed by atoms with E-state index in [2.05, 4.69) is 149 Å². The maximum absolute atomic E-state index is 5.36. The van der Waals surface area contributed by atoms with Gasteiger partial charge in [0.25, 0.3) is 0 Å². The van der Waals surface area contributed by atoms with Gasteiger partial charge in [0.15, 0.2) is 17.3 Å². The van der Waals surface area contributed by atoms with Gasteiger partial charge in [-0.05, 0) is 65.4 Å². The summed E-state index contributed by atoms with van der Waals surface area (Å²) in [5.74, 6) is 1.46. The summed E-state index contributed by atoms with van der Waals surface area (Å²) in [6.07, 6.45) is 1.80. The molecular weight excluding hydrogens is 562 g/mol. The molecule has 46 heavy (non-hydrogen) atoms. The van der Waals surface area contributed by atoms with Crippen LogP contribution in [0.25, 0.3) is 88.3 Å². The highest BCUT2D eigenvalue weighted by Gasteiger charge is 2.20. The largest absolute Gasteiger partial charge is 0.309 e. The van der Waals surface area contributed by atoms with Crippen molar-refractivity contribution in [3.8, 4) is 22.9 Å². The Morgan fingerprint density at radius 1 is 0.413 bits per heavy atom. The summed E-state index contributed by atoms with van der Waals surface area (Å²) < 4.78 is 4.61. The van der Waals surface area contributed by atoms with Gasteiger partial charge in [0.1, 0.15) is 0 Å². The summed E-state index contributed by atoms with van der Waals surface area (Å²) in [5.41, 5.74) is 7.20. The normalized spacial score (nSPS) is 11.9. The van der Waals surface area contributed by atoms with Gasteiger partial charge in [-0.25, -0.2) is 15.0 Å². The van der Waals surface area contributed by atoms with Gasteiger partial charge in [0, 0.05) is 39.0 Å². The Kier molecular flexibility index (Phi) is 5.22. The monoisotopic (exact) mass is 587 g/mol. The summed E-state index contributed by atoms with van der Waals surface area (Å²) in [4.78, 5) is 15.1. The van der Waals surface area contributed by atoms with Crippen molar-refractivity contribution >= 4 is 65.4 Å². The molecule has 0 atom stereocenters. The van der Waals surface area contributed by atoms with E-state index in [9.17, 15) is 0 Å². The van der Waals surface area contributed by atoms with E-state index in [1.54, 1.807) is 6.20 Å². The number of nitrogens with zero attached hydrogens (tertiary/aromatic N) is 5. The molecule has 0 aliphatic heterocycles. The molecule has 0 saturated heterocycles. The fourth-order valence-corrected chi connectivity index (χ4v) is 7.09. The molecule has 6 aromatic carbocycles. The van der Waals surface area contributed by atoms with Crippen molar-refractivity contribution < 1.29 is 0 Å². The topological polar surface area (TPSA) is 48.5 Å². The van der Waals surface area contributed by atoms with Crippen LogP contribution in [-0.2, 0) is 0 Å². The van der Waals surface area contributed by atoms with Crippen LogP contribution in [0.5, 0.6) is 0 Å². The number of rotatable bonds is 3. The molecule has 0 aliphatic rings. The van der Waals surface area contributed by atoms with Crippen LogP contribution in [0.2, 0.25) is 0 Å². The van der Waals surface area contributed by atoms with E-state index in [0.29, 0.717) is 11.5 Å². The lowest BCUT2D eigenvalue weighted by Gasteiger charge is -2.13. The average Bonchev–Trinajstić information content (AvgIpc) is 3.62. The molecule has 214 valence electrons. The lowest BCUT2D eigenvalue weighted by atomic mass is 10.1. The Bertz CT molecular complexity index is 2810. The van der Waals surface area contributed by atoms with Gasteiger partial charge in [-0.15, -0.1) is 0 Å². The van der Waals surface area contributed by atoms with E-state index in [0.717, 1.165) is 39.0 Å². The van der Waals surface area contributed by atoms with Crippen LogP contribution in [0.15, 0.2) is 152 Å². The molecule has 0 unspecified atom stereocenters. The molecule has 5 heteroatoms. The minimum Gasteiger partial charge on any atom is -0.309 e. The zero-order chi connectivity index (χ0) is 30.2. The van der Waals surface area contributed by atoms with Gasteiger partial charge in [0.2, 0.25) is 0 Å². The van der Waals surface area contributed by atoms with Crippen molar-refractivity contribution in [1.29, 1.82) is 0 Å². The molecule has 0 amide bonds. The molecular formula is C41H25N5. The summed E-state index contributed by atoms with van der Waals surface area (Å²) in [7, 11) is 0.